The van der Waals surface area contributed by atoms with Gasteiger partial charge in [0.15, 0.2) is 11.9 Å². The number of rotatable bonds is 4. The van der Waals surface area contributed by atoms with Gasteiger partial charge in [0, 0.05) is 50.7 Å². The highest BCUT2D eigenvalue weighted by atomic mass is 19.4. The quantitative estimate of drug-likeness (QED) is 0.487. The van der Waals surface area contributed by atoms with Crippen molar-refractivity contribution in [3.8, 4) is 0 Å². The molecular formula is C28H39F3N2O4. The average Bonchev–Trinajstić information content (AvgIpc) is 3.11. The Morgan fingerprint density at radius 2 is 1.78 bits per heavy atom. The van der Waals surface area contributed by atoms with E-state index >= 15 is 0 Å². The van der Waals surface area contributed by atoms with Crippen LogP contribution in [-0.2, 0) is 25.4 Å². The second-order valence-corrected chi connectivity index (χ2v) is 12.1. The van der Waals surface area contributed by atoms with E-state index in [9.17, 15) is 13.2 Å². The molecule has 0 N–H and O–H groups in total. The van der Waals surface area contributed by atoms with Crippen molar-refractivity contribution < 1.29 is 32.4 Å². The fourth-order valence-corrected chi connectivity index (χ4v) is 7.73. The Bertz CT molecular complexity index is 986. The Labute approximate surface area is 217 Å². The Morgan fingerprint density at radius 1 is 1.00 bits per heavy atom. The molecule has 1 saturated carbocycles. The summed E-state index contributed by atoms with van der Waals surface area (Å²) in [6.45, 7) is 10.5. The lowest BCUT2D eigenvalue weighted by Crippen LogP contribution is -2.70. The van der Waals surface area contributed by atoms with E-state index in [-0.39, 0.29) is 6.10 Å². The number of piperazine rings is 1. The molecule has 5 heterocycles. The number of hydrogen-bond donors (Lipinski definition) is 0. The summed E-state index contributed by atoms with van der Waals surface area (Å²) < 4.78 is 52.6. The smallest absolute Gasteiger partial charge is 0.369 e. The first kappa shape index (κ1) is 25.9. The zero-order valence-corrected chi connectivity index (χ0v) is 22.0. The van der Waals surface area contributed by atoms with Gasteiger partial charge in [-0.15, -0.1) is 0 Å². The molecule has 6 fully saturated rings. The van der Waals surface area contributed by atoms with E-state index in [1.165, 1.54) is 18.6 Å². The molecule has 1 aromatic carbocycles. The van der Waals surface area contributed by atoms with Crippen LogP contribution in [0.3, 0.4) is 0 Å². The Kier molecular flexibility index (Phi) is 6.55. The Hall–Kier alpha value is -1.39. The summed E-state index contributed by atoms with van der Waals surface area (Å²) in [5, 5.41) is 0. The molecule has 7 rings (SSSR count). The number of anilines is 1. The van der Waals surface area contributed by atoms with Crippen molar-refractivity contribution in [2.75, 3.05) is 37.6 Å². The van der Waals surface area contributed by atoms with Crippen molar-refractivity contribution in [3.63, 3.8) is 0 Å². The fourth-order valence-electron chi connectivity index (χ4n) is 7.73. The van der Waals surface area contributed by atoms with Crippen LogP contribution in [0, 0.1) is 23.7 Å². The van der Waals surface area contributed by atoms with Crippen LogP contribution >= 0.6 is 0 Å². The third kappa shape index (κ3) is 4.48. The van der Waals surface area contributed by atoms with Crippen LogP contribution < -0.4 is 4.90 Å². The molecule has 6 nitrogen and oxygen atoms in total. The molecule has 37 heavy (non-hydrogen) atoms. The molecule has 0 radical (unpaired) electrons. The summed E-state index contributed by atoms with van der Waals surface area (Å²) in [6, 6.07) is 5.65. The Balaban J connectivity index is 1.09. The number of halogens is 3. The number of nitrogens with zero attached hydrogens (tertiary/aromatic N) is 2. The van der Waals surface area contributed by atoms with Crippen LogP contribution in [-0.4, -0.2) is 61.4 Å². The molecular weight excluding hydrogens is 485 g/mol. The van der Waals surface area contributed by atoms with E-state index < -0.39 is 29.4 Å². The summed E-state index contributed by atoms with van der Waals surface area (Å²) >= 11 is 0. The van der Waals surface area contributed by atoms with Crippen LogP contribution in [0.15, 0.2) is 24.3 Å². The molecule has 0 unspecified atom stereocenters. The van der Waals surface area contributed by atoms with Crippen molar-refractivity contribution in [1.29, 1.82) is 0 Å². The first-order valence-electron chi connectivity index (χ1n) is 13.9. The molecule has 1 spiro atoms. The molecule has 0 aromatic heterocycles. The summed E-state index contributed by atoms with van der Waals surface area (Å²) in [4.78, 5) is 16.6. The third-order valence-electron chi connectivity index (χ3n) is 9.94. The molecule has 6 aliphatic rings. The van der Waals surface area contributed by atoms with E-state index in [1.54, 1.807) is 6.07 Å². The maximum atomic E-state index is 13.1. The lowest BCUT2D eigenvalue weighted by Gasteiger charge is -2.60. The molecule has 1 aliphatic carbocycles. The van der Waals surface area contributed by atoms with Crippen molar-refractivity contribution in [3.05, 3.63) is 29.8 Å². The summed E-state index contributed by atoms with van der Waals surface area (Å²) in [7, 11) is 0. The van der Waals surface area contributed by atoms with Gasteiger partial charge in [-0.2, -0.15) is 13.2 Å². The normalized spacial score (nSPS) is 42.4. The zero-order chi connectivity index (χ0) is 26.0. The van der Waals surface area contributed by atoms with Gasteiger partial charge >= 0.3 is 6.18 Å². The second kappa shape index (κ2) is 9.37. The van der Waals surface area contributed by atoms with Crippen molar-refractivity contribution in [2.24, 2.45) is 23.7 Å². The minimum Gasteiger partial charge on any atom is -0.369 e. The van der Waals surface area contributed by atoms with Crippen LogP contribution in [0.25, 0.3) is 0 Å². The third-order valence-corrected chi connectivity index (χ3v) is 9.94. The minimum atomic E-state index is -4.32. The molecule has 2 bridgehead atoms. The summed E-state index contributed by atoms with van der Waals surface area (Å²) in [5.41, 5.74) is -0.479. The lowest BCUT2D eigenvalue weighted by molar-refractivity contribution is -0.571. The molecule has 5 aliphatic heterocycles. The molecule has 8 atom stereocenters. The maximum absolute atomic E-state index is 13.1. The van der Waals surface area contributed by atoms with Gasteiger partial charge in [-0.25, -0.2) is 9.78 Å². The van der Waals surface area contributed by atoms with E-state index in [2.05, 4.69) is 18.7 Å². The average molecular weight is 525 g/mol. The van der Waals surface area contributed by atoms with Gasteiger partial charge in [0.25, 0.3) is 0 Å². The first-order valence-corrected chi connectivity index (χ1v) is 13.9. The molecule has 5 saturated heterocycles. The van der Waals surface area contributed by atoms with Crippen LogP contribution in [0.1, 0.15) is 58.4 Å². The number of alkyl halides is 3. The van der Waals surface area contributed by atoms with E-state index in [1.807, 2.05) is 11.8 Å². The number of ether oxygens (including phenoxy) is 2. The highest BCUT2D eigenvalue weighted by Crippen LogP contribution is 2.60. The van der Waals surface area contributed by atoms with E-state index in [0.29, 0.717) is 42.4 Å². The highest BCUT2D eigenvalue weighted by Gasteiger charge is 2.69. The van der Waals surface area contributed by atoms with E-state index in [4.69, 9.17) is 19.2 Å². The fraction of sp³-hybridized carbons (Fsp3) is 0.786. The van der Waals surface area contributed by atoms with Crippen LogP contribution in [0.5, 0.6) is 0 Å². The second-order valence-electron chi connectivity index (χ2n) is 12.1. The molecule has 1 aromatic rings. The predicted molar refractivity (Wildman–Crippen MR) is 132 cm³/mol. The van der Waals surface area contributed by atoms with Crippen molar-refractivity contribution >= 4 is 5.69 Å². The topological polar surface area (TPSA) is 43.4 Å². The van der Waals surface area contributed by atoms with Gasteiger partial charge in [-0.05, 0) is 68.6 Å². The largest absolute Gasteiger partial charge is 0.416 e. The molecule has 9 heteroatoms. The SMILES string of the molecule is C[C@H]1[C@@H](CCN2CCN(c3cccc(C(F)(F)F)c3)CC2)O[C@@H]2O[C@]3(C)CC[C@H]4[C@H](C)CC[C@@H]1[C@@]24OO3. The van der Waals surface area contributed by atoms with Gasteiger partial charge in [-0.3, -0.25) is 4.90 Å². The predicted octanol–water partition coefficient (Wildman–Crippen LogP) is 5.47. The number of hydrogen-bond acceptors (Lipinski definition) is 6. The first-order chi connectivity index (χ1) is 17.6. The highest BCUT2D eigenvalue weighted by molar-refractivity contribution is 5.49. The monoisotopic (exact) mass is 524 g/mol. The zero-order valence-electron chi connectivity index (χ0n) is 22.0. The summed E-state index contributed by atoms with van der Waals surface area (Å²) in [6.07, 6.45) is 0.362. The van der Waals surface area contributed by atoms with Gasteiger partial charge < -0.3 is 14.4 Å². The lowest BCUT2D eigenvalue weighted by atomic mass is 9.57. The standard InChI is InChI=1S/C28H39F3N2O4/c1-18-7-8-23-19(2)24(34-25-27(23)22(18)9-11-26(3,35-25)36-37-27)10-12-32-13-15-33(16-14-32)21-6-4-5-20(17-21)28(29,30)31/h4-6,17-19,22-25H,7-16H2,1-3H3/t18-,19-,22+,23+,24-,25-,26+,27-/m1/s1. The number of benzene rings is 1. The summed E-state index contributed by atoms with van der Waals surface area (Å²) in [5.74, 6) is 0.813. The van der Waals surface area contributed by atoms with Crippen LogP contribution in [0.2, 0.25) is 0 Å². The van der Waals surface area contributed by atoms with Gasteiger partial charge in [0.1, 0.15) is 0 Å². The van der Waals surface area contributed by atoms with E-state index in [0.717, 1.165) is 51.4 Å². The van der Waals surface area contributed by atoms with Gasteiger partial charge in [-0.1, -0.05) is 19.9 Å². The Morgan fingerprint density at radius 3 is 2.54 bits per heavy atom. The molecule has 0 amide bonds. The van der Waals surface area contributed by atoms with Crippen molar-refractivity contribution in [2.45, 2.75) is 82.8 Å². The van der Waals surface area contributed by atoms with Gasteiger partial charge in [0.2, 0.25) is 5.79 Å². The number of fused-ring (bicyclic) bond motifs is 2. The van der Waals surface area contributed by atoms with Gasteiger partial charge in [0.05, 0.1) is 11.7 Å². The van der Waals surface area contributed by atoms with Crippen molar-refractivity contribution in [1.82, 2.24) is 4.90 Å². The minimum absolute atomic E-state index is 0.0720. The maximum Gasteiger partial charge on any atom is 0.416 e. The molecule has 206 valence electrons. The van der Waals surface area contributed by atoms with Crippen LogP contribution in [0.4, 0.5) is 18.9 Å².